The fourth-order valence-corrected chi connectivity index (χ4v) is 7.27. The third-order valence-corrected chi connectivity index (χ3v) is 10.2. The van der Waals surface area contributed by atoms with Gasteiger partial charge in [0, 0.05) is 28.2 Å². The lowest BCUT2D eigenvalue weighted by Crippen LogP contribution is -2.54. The molecule has 0 aliphatic heterocycles. The highest BCUT2D eigenvalue weighted by atomic mass is 35.5. The van der Waals surface area contributed by atoms with Gasteiger partial charge in [0.05, 0.1) is 17.7 Å². The molecule has 0 radical (unpaired) electrons. The molecule has 0 saturated heterocycles. The van der Waals surface area contributed by atoms with Crippen molar-refractivity contribution in [1.29, 1.82) is 0 Å². The van der Waals surface area contributed by atoms with Gasteiger partial charge in [-0.2, -0.15) is 0 Å². The number of rotatable bonds is 12. The molecule has 11 heteroatoms. The Hall–Kier alpha value is -3.27. The number of methoxy groups -OCH3 is 1. The van der Waals surface area contributed by atoms with Gasteiger partial charge in [-0.3, -0.25) is 13.9 Å². The first-order valence-electron chi connectivity index (χ1n) is 14.4. The van der Waals surface area contributed by atoms with Gasteiger partial charge in [-0.25, -0.2) is 8.42 Å². The Bertz CT molecular complexity index is 1480. The van der Waals surface area contributed by atoms with Gasteiger partial charge in [-0.1, -0.05) is 73.7 Å². The number of nitrogens with one attached hydrogen (secondary N) is 1. The molecule has 2 amide bonds. The summed E-state index contributed by atoms with van der Waals surface area (Å²) in [6, 6.07) is 18.5. The van der Waals surface area contributed by atoms with E-state index in [4.69, 9.17) is 27.9 Å². The minimum absolute atomic E-state index is 0.0291. The number of carbonyl (C=O) groups is 2. The SMILES string of the molecule is CC[C@H](C(=O)NC1CCCCC1)N(Cc1c(Cl)cccc1Cl)C(=O)CN(c1ccc(OC)cc1)S(=O)(=O)c1ccccc1. The van der Waals surface area contributed by atoms with Crippen molar-refractivity contribution in [3.63, 3.8) is 0 Å². The van der Waals surface area contributed by atoms with E-state index in [1.165, 1.54) is 24.1 Å². The van der Waals surface area contributed by atoms with Crippen LogP contribution in [0.25, 0.3) is 0 Å². The van der Waals surface area contributed by atoms with E-state index < -0.39 is 28.5 Å². The lowest BCUT2D eigenvalue weighted by molar-refractivity contribution is -0.140. The van der Waals surface area contributed by atoms with E-state index in [2.05, 4.69) is 5.32 Å². The molecule has 43 heavy (non-hydrogen) atoms. The van der Waals surface area contributed by atoms with E-state index >= 15 is 0 Å². The molecule has 3 aromatic carbocycles. The highest BCUT2D eigenvalue weighted by molar-refractivity contribution is 7.92. The maximum absolute atomic E-state index is 14.3. The van der Waals surface area contributed by atoms with Gasteiger partial charge in [0.1, 0.15) is 18.3 Å². The van der Waals surface area contributed by atoms with Crippen molar-refractivity contribution >= 4 is 50.7 Å². The first-order chi connectivity index (χ1) is 20.6. The summed E-state index contributed by atoms with van der Waals surface area (Å²) in [5.41, 5.74) is 0.749. The Kier molecular flexibility index (Phi) is 11.3. The van der Waals surface area contributed by atoms with Crippen LogP contribution in [0.1, 0.15) is 51.0 Å². The lowest BCUT2D eigenvalue weighted by Gasteiger charge is -2.34. The number of ether oxygens (including phenoxy) is 1. The van der Waals surface area contributed by atoms with Crippen LogP contribution >= 0.6 is 23.2 Å². The van der Waals surface area contributed by atoms with Crippen molar-refractivity contribution in [2.24, 2.45) is 0 Å². The smallest absolute Gasteiger partial charge is 0.264 e. The number of amides is 2. The topological polar surface area (TPSA) is 96.0 Å². The van der Waals surface area contributed by atoms with Crippen LogP contribution in [-0.2, 0) is 26.2 Å². The summed E-state index contributed by atoms with van der Waals surface area (Å²) in [4.78, 5) is 29.4. The average Bonchev–Trinajstić information content (AvgIpc) is 3.02. The van der Waals surface area contributed by atoms with Gasteiger partial charge < -0.3 is 15.0 Å². The molecule has 3 aromatic rings. The number of halogens is 2. The average molecular weight is 647 g/mol. The van der Waals surface area contributed by atoms with Crippen molar-refractivity contribution in [3.05, 3.63) is 88.4 Å². The molecule has 4 rings (SSSR count). The minimum atomic E-state index is -4.17. The number of nitrogens with zero attached hydrogens (tertiary/aromatic N) is 2. The van der Waals surface area contributed by atoms with Crippen molar-refractivity contribution in [1.82, 2.24) is 10.2 Å². The molecule has 1 saturated carbocycles. The van der Waals surface area contributed by atoms with Crippen LogP contribution in [0.5, 0.6) is 5.75 Å². The Morgan fingerprint density at radius 2 is 1.56 bits per heavy atom. The molecule has 1 atom stereocenters. The maximum atomic E-state index is 14.3. The second kappa shape index (κ2) is 14.9. The zero-order valence-electron chi connectivity index (χ0n) is 24.3. The summed E-state index contributed by atoms with van der Waals surface area (Å²) in [6.07, 6.45) is 5.28. The molecular weight excluding hydrogens is 609 g/mol. The first-order valence-corrected chi connectivity index (χ1v) is 16.6. The zero-order valence-corrected chi connectivity index (χ0v) is 26.7. The quantitative estimate of drug-likeness (QED) is 0.244. The third-order valence-electron chi connectivity index (χ3n) is 7.70. The van der Waals surface area contributed by atoms with Crippen molar-refractivity contribution in [2.45, 2.75) is 69.0 Å². The standard InChI is InChI=1S/C32H37Cl2N3O5S/c1-3-30(32(39)35-23-11-6-4-7-12-23)36(21-27-28(33)15-10-16-29(27)34)31(38)22-37(24-17-19-25(42-2)20-18-24)43(40,41)26-13-8-5-9-14-26/h5,8-10,13-20,23,30H,3-4,6-7,11-12,21-22H2,1-2H3,(H,35,39)/t30-/m1/s1. The summed E-state index contributed by atoms with van der Waals surface area (Å²) < 4.78 is 34.2. The second-order valence-electron chi connectivity index (χ2n) is 10.5. The normalized spacial score (nSPS) is 14.5. The van der Waals surface area contributed by atoms with E-state index in [1.807, 2.05) is 6.92 Å². The fourth-order valence-electron chi connectivity index (χ4n) is 5.31. The highest BCUT2D eigenvalue weighted by Gasteiger charge is 2.35. The largest absolute Gasteiger partial charge is 0.497 e. The van der Waals surface area contributed by atoms with Gasteiger partial charge in [0.2, 0.25) is 11.8 Å². The van der Waals surface area contributed by atoms with E-state index in [1.54, 1.807) is 60.7 Å². The molecule has 1 fully saturated rings. The van der Waals surface area contributed by atoms with Crippen LogP contribution < -0.4 is 14.4 Å². The number of anilines is 1. The molecule has 1 aliphatic carbocycles. The molecule has 8 nitrogen and oxygen atoms in total. The number of hydrogen-bond acceptors (Lipinski definition) is 5. The van der Waals surface area contributed by atoms with Crippen molar-refractivity contribution in [3.8, 4) is 5.75 Å². The molecule has 0 spiro atoms. The fraction of sp³-hybridized carbons (Fsp3) is 0.375. The molecule has 0 aromatic heterocycles. The Labute approximate surface area is 264 Å². The van der Waals surface area contributed by atoms with Gasteiger partial charge in [-0.05, 0) is 67.8 Å². The number of hydrogen-bond donors (Lipinski definition) is 1. The van der Waals surface area contributed by atoms with Gasteiger partial charge in [0.25, 0.3) is 10.0 Å². The van der Waals surface area contributed by atoms with Crippen LogP contribution in [0, 0.1) is 0 Å². The third kappa shape index (κ3) is 8.02. The van der Waals surface area contributed by atoms with Crippen molar-refractivity contribution in [2.75, 3.05) is 18.0 Å². The van der Waals surface area contributed by atoms with E-state index in [0.717, 1.165) is 36.4 Å². The second-order valence-corrected chi connectivity index (χ2v) is 13.2. The Morgan fingerprint density at radius 1 is 0.930 bits per heavy atom. The first kappa shape index (κ1) is 32.6. The number of carbonyl (C=O) groups excluding carboxylic acids is 2. The summed E-state index contributed by atoms with van der Waals surface area (Å²) >= 11 is 13.0. The molecule has 1 N–H and O–H groups in total. The minimum Gasteiger partial charge on any atom is -0.497 e. The van der Waals surface area contributed by atoms with Crippen LogP contribution in [0.15, 0.2) is 77.7 Å². The Morgan fingerprint density at radius 3 is 2.14 bits per heavy atom. The molecule has 0 unspecified atom stereocenters. The summed E-state index contributed by atoms with van der Waals surface area (Å²) in [7, 11) is -2.66. The molecule has 230 valence electrons. The Balaban J connectivity index is 1.73. The monoisotopic (exact) mass is 645 g/mol. The number of sulfonamides is 1. The van der Waals surface area contributed by atoms with Gasteiger partial charge in [-0.15, -0.1) is 0 Å². The van der Waals surface area contributed by atoms with E-state index in [9.17, 15) is 18.0 Å². The molecule has 0 bridgehead atoms. The maximum Gasteiger partial charge on any atom is 0.264 e. The highest BCUT2D eigenvalue weighted by Crippen LogP contribution is 2.29. The molecular formula is C32H37Cl2N3O5S. The summed E-state index contributed by atoms with van der Waals surface area (Å²) in [5, 5.41) is 3.82. The van der Waals surface area contributed by atoms with Crippen LogP contribution in [0.3, 0.4) is 0 Å². The molecule has 0 heterocycles. The van der Waals surface area contributed by atoms with Gasteiger partial charge >= 0.3 is 0 Å². The van der Waals surface area contributed by atoms with Crippen LogP contribution in [-0.4, -0.2) is 50.9 Å². The van der Waals surface area contributed by atoms with Crippen molar-refractivity contribution < 1.29 is 22.7 Å². The molecule has 1 aliphatic rings. The van der Waals surface area contributed by atoms with Crippen LogP contribution in [0.4, 0.5) is 5.69 Å². The predicted octanol–water partition coefficient (Wildman–Crippen LogP) is 6.45. The summed E-state index contributed by atoms with van der Waals surface area (Å²) in [5.74, 6) is -0.322. The van der Waals surface area contributed by atoms with E-state index in [0.29, 0.717) is 27.8 Å². The predicted molar refractivity (Wildman–Crippen MR) is 170 cm³/mol. The lowest BCUT2D eigenvalue weighted by atomic mass is 9.95. The summed E-state index contributed by atoms with van der Waals surface area (Å²) in [6.45, 7) is 1.19. The van der Waals surface area contributed by atoms with Crippen LogP contribution in [0.2, 0.25) is 10.0 Å². The zero-order chi connectivity index (χ0) is 31.0. The van der Waals surface area contributed by atoms with Gasteiger partial charge in [0.15, 0.2) is 0 Å². The van der Waals surface area contributed by atoms with E-state index in [-0.39, 0.29) is 29.1 Å². The number of benzene rings is 3.